The van der Waals surface area contributed by atoms with Crippen LogP contribution in [0.5, 0.6) is 0 Å². The second-order valence-electron chi connectivity index (χ2n) is 6.01. The number of hydrogen-bond donors (Lipinski definition) is 1. The zero-order valence-corrected chi connectivity index (χ0v) is 17.2. The van der Waals surface area contributed by atoms with Crippen LogP contribution in [-0.4, -0.2) is 48.9 Å². The summed E-state index contributed by atoms with van der Waals surface area (Å²) in [6.45, 7) is 6.23. The standard InChI is InChI=1S/C19H25N3O5S/c1-5-22(6-2)28(25,26)16-12-17(21(4)13-16)18(23)20-15-10-8-14(9-11-15)19(24)27-7-3/h8-13H,5-7H2,1-4H3,(H,20,23). The molecule has 2 rings (SSSR count). The Hall–Kier alpha value is -2.65. The Balaban J connectivity index is 2.19. The lowest BCUT2D eigenvalue weighted by Gasteiger charge is -2.17. The van der Waals surface area contributed by atoms with Crippen LogP contribution in [0.15, 0.2) is 41.4 Å². The monoisotopic (exact) mass is 407 g/mol. The van der Waals surface area contributed by atoms with Gasteiger partial charge in [-0.15, -0.1) is 0 Å². The number of anilines is 1. The number of rotatable bonds is 8. The van der Waals surface area contributed by atoms with E-state index in [1.54, 1.807) is 52.1 Å². The smallest absolute Gasteiger partial charge is 0.338 e. The number of sulfonamides is 1. The van der Waals surface area contributed by atoms with Gasteiger partial charge in [-0.05, 0) is 37.3 Å². The summed E-state index contributed by atoms with van der Waals surface area (Å²) < 4.78 is 33.0. The van der Waals surface area contributed by atoms with Gasteiger partial charge in [0.25, 0.3) is 5.91 Å². The number of ether oxygens (including phenoxy) is 1. The van der Waals surface area contributed by atoms with Crippen LogP contribution in [0, 0.1) is 0 Å². The van der Waals surface area contributed by atoms with Crippen molar-refractivity contribution >= 4 is 27.6 Å². The van der Waals surface area contributed by atoms with Gasteiger partial charge in [0.15, 0.2) is 0 Å². The Morgan fingerprint density at radius 3 is 2.25 bits per heavy atom. The van der Waals surface area contributed by atoms with E-state index < -0.39 is 21.9 Å². The lowest BCUT2D eigenvalue weighted by Crippen LogP contribution is -2.30. The molecular weight excluding hydrogens is 382 g/mol. The first kappa shape index (κ1) is 21.6. The number of carbonyl (C=O) groups is 2. The fourth-order valence-corrected chi connectivity index (χ4v) is 4.24. The van der Waals surface area contributed by atoms with E-state index in [1.807, 2.05) is 0 Å². The van der Waals surface area contributed by atoms with E-state index in [0.717, 1.165) is 0 Å². The molecule has 0 bridgehead atoms. The maximum absolute atomic E-state index is 12.6. The molecule has 0 saturated heterocycles. The van der Waals surface area contributed by atoms with Crippen molar-refractivity contribution in [2.45, 2.75) is 25.7 Å². The lowest BCUT2D eigenvalue weighted by molar-refractivity contribution is 0.0526. The number of hydrogen-bond acceptors (Lipinski definition) is 5. The molecule has 0 saturated carbocycles. The highest BCUT2D eigenvalue weighted by molar-refractivity contribution is 7.89. The number of benzene rings is 1. The molecule has 1 aromatic heterocycles. The molecule has 0 fully saturated rings. The number of esters is 1. The largest absolute Gasteiger partial charge is 0.462 e. The highest BCUT2D eigenvalue weighted by atomic mass is 32.2. The average molecular weight is 407 g/mol. The van der Waals surface area contributed by atoms with Gasteiger partial charge in [-0.25, -0.2) is 13.2 Å². The molecule has 1 aromatic carbocycles. The Labute approximate surface area is 165 Å². The SMILES string of the molecule is CCOC(=O)c1ccc(NC(=O)c2cc(S(=O)(=O)N(CC)CC)cn2C)cc1. The van der Waals surface area contributed by atoms with Gasteiger partial charge in [0.1, 0.15) is 10.6 Å². The molecule has 0 atom stereocenters. The van der Waals surface area contributed by atoms with E-state index in [2.05, 4.69) is 5.32 Å². The summed E-state index contributed by atoms with van der Waals surface area (Å²) in [5.41, 5.74) is 1.07. The number of nitrogens with one attached hydrogen (secondary N) is 1. The first-order valence-corrected chi connectivity index (χ1v) is 10.4. The number of aryl methyl sites for hydroxylation is 1. The maximum atomic E-state index is 12.6. The first-order valence-electron chi connectivity index (χ1n) is 8.99. The van der Waals surface area contributed by atoms with Crippen molar-refractivity contribution in [1.29, 1.82) is 0 Å². The van der Waals surface area contributed by atoms with Crippen LogP contribution in [0.2, 0.25) is 0 Å². The van der Waals surface area contributed by atoms with Gasteiger partial charge >= 0.3 is 5.97 Å². The Kier molecular flexibility index (Phi) is 6.98. The van der Waals surface area contributed by atoms with Gasteiger partial charge in [0.2, 0.25) is 10.0 Å². The van der Waals surface area contributed by atoms with Crippen molar-refractivity contribution in [2.24, 2.45) is 7.05 Å². The van der Waals surface area contributed by atoms with Crippen molar-refractivity contribution < 1.29 is 22.7 Å². The van der Waals surface area contributed by atoms with Crippen molar-refractivity contribution in [2.75, 3.05) is 25.0 Å². The quantitative estimate of drug-likeness (QED) is 0.678. The molecule has 1 heterocycles. The van der Waals surface area contributed by atoms with Gasteiger partial charge in [0, 0.05) is 32.0 Å². The predicted octanol–water partition coefficient (Wildman–Crippen LogP) is 2.48. The minimum atomic E-state index is -3.65. The molecule has 0 aliphatic heterocycles. The second-order valence-corrected chi connectivity index (χ2v) is 7.95. The molecule has 152 valence electrons. The molecule has 1 amide bonds. The summed E-state index contributed by atoms with van der Waals surface area (Å²) in [6, 6.07) is 7.63. The van der Waals surface area contributed by atoms with E-state index in [-0.39, 0.29) is 17.2 Å². The molecule has 0 radical (unpaired) electrons. The van der Waals surface area contributed by atoms with Crippen LogP contribution in [0.4, 0.5) is 5.69 Å². The Bertz CT molecular complexity index is 944. The Morgan fingerprint density at radius 2 is 1.71 bits per heavy atom. The van der Waals surface area contributed by atoms with Gasteiger partial charge < -0.3 is 14.6 Å². The summed E-state index contributed by atoms with van der Waals surface area (Å²) in [5.74, 6) is -0.888. The topological polar surface area (TPSA) is 97.7 Å². The third-order valence-electron chi connectivity index (χ3n) is 4.21. The van der Waals surface area contributed by atoms with Crippen LogP contribution >= 0.6 is 0 Å². The fourth-order valence-electron chi connectivity index (χ4n) is 2.71. The fraction of sp³-hybridized carbons (Fsp3) is 0.368. The first-order chi connectivity index (χ1) is 13.2. The van der Waals surface area contributed by atoms with Crippen molar-refractivity contribution in [3.05, 3.63) is 47.8 Å². The lowest BCUT2D eigenvalue weighted by atomic mass is 10.2. The number of amides is 1. The minimum Gasteiger partial charge on any atom is -0.462 e. The summed E-state index contributed by atoms with van der Waals surface area (Å²) in [7, 11) is -2.04. The molecule has 8 nitrogen and oxygen atoms in total. The molecule has 0 aliphatic rings. The van der Waals surface area contributed by atoms with Crippen LogP contribution < -0.4 is 5.32 Å². The number of nitrogens with zero attached hydrogens (tertiary/aromatic N) is 2. The second kappa shape index (κ2) is 9.03. The molecular formula is C19H25N3O5S. The molecule has 0 spiro atoms. The predicted molar refractivity (Wildman–Crippen MR) is 106 cm³/mol. The highest BCUT2D eigenvalue weighted by Gasteiger charge is 2.25. The van der Waals surface area contributed by atoms with Gasteiger partial charge in [-0.2, -0.15) is 4.31 Å². The zero-order chi connectivity index (χ0) is 20.9. The van der Waals surface area contributed by atoms with Gasteiger partial charge in [0.05, 0.1) is 12.2 Å². The molecule has 0 aliphatic carbocycles. The van der Waals surface area contributed by atoms with Crippen molar-refractivity contribution in [1.82, 2.24) is 8.87 Å². The van der Waals surface area contributed by atoms with Gasteiger partial charge in [-0.1, -0.05) is 13.8 Å². The van der Waals surface area contributed by atoms with E-state index in [1.165, 1.54) is 21.1 Å². The normalized spacial score (nSPS) is 11.5. The summed E-state index contributed by atoms with van der Waals surface area (Å²) in [5, 5.41) is 2.70. The van der Waals surface area contributed by atoms with E-state index in [0.29, 0.717) is 24.3 Å². The summed E-state index contributed by atoms with van der Waals surface area (Å²) in [6.07, 6.45) is 1.42. The van der Waals surface area contributed by atoms with Crippen LogP contribution in [0.3, 0.4) is 0 Å². The number of carbonyl (C=O) groups excluding carboxylic acids is 2. The number of aromatic nitrogens is 1. The van der Waals surface area contributed by atoms with E-state index in [4.69, 9.17) is 4.74 Å². The molecule has 28 heavy (non-hydrogen) atoms. The highest BCUT2D eigenvalue weighted by Crippen LogP contribution is 2.20. The average Bonchev–Trinajstić information content (AvgIpc) is 3.06. The van der Waals surface area contributed by atoms with Gasteiger partial charge in [-0.3, -0.25) is 4.79 Å². The van der Waals surface area contributed by atoms with Crippen molar-refractivity contribution in [3.63, 3.8) is 0 Å². The molecule has 0 unspecified atom stereocenters. The van der Waals surface area contributed by atoms with Crippen LogP contribution in [0.25, 0.3) is 0 Å². The maximum Gasteiger partial charge on any atom is 0.338 e. The van der Waals surface area contributed by atoms with Crippen LogP contribution in [-0.2, 0) is 21.8 Å². The van der Waals surface area contributed by atoms with Crippen molar-refractivity contribution in [3.8, 4) is 0 Å². The minimum absolute atomic E-state index is 0.0708. The van der Waals surface area contributed by atoms with E-state index in [9.17, 15) is 18.0 Å². The molecule has 1 N–H and O–H groups in total. The third-order valence-corrected chi connectivity index (χ3v) is 6.22. The zero-order valence-electron chi connectivity index (χ0n) is 16.4. The summed E-state index contributed by atoms with van der Waals surface area (Å²) in [4.78, 5) is 24.3. The molecule has 2 aromatic rings. The Morgan fingerprint density at radius 1 is 1.11 bits per heavy atom. The summed E-state index contributed by atoms with van der Waals surface area (Å²) >= 11 is 0. The van der Waals surface area contributed by atoms with E-state index >= 15 is 0 Å². The molecule has 9 heteroatoms. The van der Waals surface area contributed by atoms with Crippen LogP contribution in [0.1, 0.15) is 41.6 Å². The third kappa shape index (κ3) is 4.60.